The number of ether oxygens (including phenoxy) is 1. The molecule has 0 aliphatic carbocycles. The highest BCUT2D eigenvalue weighted by molar-refractivity contribution is 6.46. The molecule has 0 fully saturated rings. The van der Waals surface area contributed by atoms with Gasteiger partial charge in [-0.15, -0.1) is 0 Å². The average Bonchev–Trinajstić information content (AvgIpc) is 3.08. The van der Waals surface area contributed by atoms with E-state index in [9.17, 15) is 14.0 Å². The molecule has 0 saturated carbocycles. The molecule has 0 bridgehead atoms. The van der Waals surface area contributed by atoms with Crippen LogP contribution in [0.4, 0.5) is 15.8 Å². The number of benzene rings is 3. The Hall–Kier alpha value is -3.93. The van der Waals surface area contributed by atoms with E-state index in [1.807, 2.05) is 25.1 Å². The maximum absolute atomic E-state index is 13.6. The van der Waals surface area contributed by atoms with Crippen molar-refractivity contribution in [2.45, 2.75) is 33.1 Å². The summed E-state index contributed by atoms with van der Waals surface area (Å²) < 4.78 is 19.1. The third kappa shape index (κ3) is 4.86. The molecule has 34 heavy (non-hydrogen) atoms. The van der Waals surface area contributed by atoms with E-state index >= 15 is 0 Å². The summed E-state index contributed by atoms with van der Waals surface area (Å²) in [4.78, 5) is 28.2. The van der Waals surface area contributed by atoms with Gasteiger partial charge in [0, 0.05) is 11.8 Å². The van der Waals surface area contributed by atoms with Gasteiger partial charge in [-0.2, -0.15) is 0 Å². The smallest absolute Gasteiger partial charge is 0.282 e. The minimum atomic E-state index is -0.465. The molecule has 3 aromatic carbocycles. The molecule has 1 aliphatic heterocycles. The van der Waals surface area contributed by atoms with Crippen LogP contribution in [0.25, 0.3) is 5.57 Å². The molecule has 1 aliphatic rings. The number of imide groups is 1. The Morgan fingerprint density at radius 3 is 2.32 bits per heavy atom. The molecule has 0 aromatic heterocycles. The lowest BCUT2D eigenvalue weighted by Gasteiger charge is -2.16. The van der Waals surface area contributed by atoms with Crippen LogP contribution in [0.5, 0.6) is 5.75 Å². The van der Waals surface area contributed by atoms with E-state index in [1.54, 1.807) is 30.3 Å². The molecule has 2 amide bonds. The molecule has 3 aromatic rings. The fourth-order valence-corrected chi connectivity index (χ4v) is 3.93. The van der Waals surface area contributed by atoms with Crippen molar-refractivity contribution in [1.29, 1.82) is 0 Å². The van der Waals surface area contributed by atoms with Crippen LogP contribution >= 0.6 is 0 Å². The summed E-state index contributed by atoms with van der Waals surface area (Å²) in [5.41, 5.74) is 3.06. The number of hydrogen-bond donors (Lipinski definition) is 1. The van der Waals surface area contributed by atoms with Crippen LogP contribution in [0, 0.1) is 5.82 Å². The lowest BCUT2D eigenvalue weighted by Crippen LogP contribution is -2.32. The maximum atomic E-state index is 13.6. The Balaban J connectivity index is 1.71. The molecular formula is C28H27FN2O3. The summed E-state index contributed by atoms with van der Waals surface area (Å²) >= 11 is 0. The number of amides is 2. The second-order valence-corrected chi connectivity index (χ2v) is 8.06. The number of carbonyl (C=O) groups excluding carboxylic acids is 2. The summed E-state index contributed by atoms with van der Waals surface area (Å²) in [6.07, 6.45) is 3.11. The highest BCUT2D eigenvalue weighted by atomic mass is 19.1. The highest BCUT2D eigenvalue weighted by Gasteiger charge is 2.40. The topological polar surface area (TPSA) is 58.6 Å². The number of rotatable bonds is 9. The van der Waals surface area contributed by atoms with Gasteiger partial charge in [0.25, 0.3) is 11.8 Å². The van der Waals surface area contributed by atoms with E-state index in [0.717, 1.165) is 29.7 Å². The number of anilines is 2. The first kappa shape index (κ1) is 23.2. The molecule has 0 unspecified atom stereocenters. The van der Waals surface area contributed by atoms with E-state index in [0.29, 0.717) is 29.3 Å². The van der Waals surface area contributed by atoms with Crippen LogP contribution in [-0.2, 0) is 16.0 Å². The van der Waals surface area contributed by atoms with Crippen molar-refractivity contribution in [2.24, 2.45) is 0 Å². The molecule has 1 heterocycles. The monoisotopic (exact) mass is 458 g/mol. The zero-order valence-corrected chi connectivity index (χ0v) is 19.3. The lowest BCUT2D eigenvalue weighted by molar-refractivity contribution is -0.120. The van der Waals surface area contributed by atoms with Crippen molar-refractivity contribution in [3.63, 3.8) is 0 Å². The first-order valence-electron chi connectivity index (χ1n) is 11.5. The molecular weight excluding hydrogens is 431 g/mol. The van der Waals surface area contributed by atoms with Gasteiger partial charge in [0.15, 0.2) is 0 Å². The second kappa shape index (κ2) is 10.3. The van der Waals surface area contributed by atoms with Gasteiger partial charge in [-0.1, -0.05) is 43.7 Å². The molecule has 0 spiro atoms. The van der Waals surface area contributed by atoms with Crippen LogP contribution in [0.2, 0.25) is 0 Å². The van der Waals surface area contributed by atoms with Crippen molar-refractivity contribution in [3.8, 4) is 5.75 Å². The third-order valence-corrected chi connectivity index (χ3v) is 5.64. The number of carbonyl (C=O) groups is 2. The van der Waals surface area contributed by atoms with Gasteiger partial charge in [-0.05, 0) is 67.3 Å². The largest absolute Gasteiger partial charge is 0.494 e. The standard InChI is InChI=1S/C28H27FN2O3/c1-3-5-7-19-10-16-23(17-11-19)31-27(32)25(20-12-14-21(29)15-13-20)26(28(31)33)30-22-8-6-9-24(18-22)34-4-2/h6,8-18,30H,3-5,7H2,1-2H3. The summed E-state index contributed by atoms with van der Waals surface area (Å²) in [6.45, 7) is 4.53. The average molecular weight is 459 g/mol. The van der Waals surface area contributed by atoms with Gasteiger partial charge in [-0.25, -0.2) is 9.29 Å². The molecule has 0 atom stereocenters. The number of hydrogen-bond acceptors (Lipinski definition) is 4. The van der Waals surface area contributed by atoms with Crippen LogP contribution < -0.4 is 15.0 Å². The van der Waals surface area contributed by atoms with Gasteiger partial charge in [0.05, 0.1) is 17.9 Å². The Morgan fingerprint density at radius 2 is 1.65 bits per heavy atom. The number of nitrogens with zero attached hydrogens (tertiary/aromatic N) is 1. The van der Waals surface area contributed by atoms with Crippen molar-refractivity contribution in [3.05, 3.63) is 95.4 Å². The number of nitrogens with one attached hydrogen (secondary N) is 1. The molecule has 5 nitrogen and oxygen atoms in total. The zero-order valence-electron chi connectivity index (χ0n) is 19.3. The minimum absolute atomic E-state index is 0.139. The number of aryl methyl sites for hydroxylation is 1. The number of unbranched alkanes of at least 4 members (excludes halogenated alkanes) is 1. The minimum Gasteiger partial charge on any atom is -0.494 e. The first-order valence-corrected chi connectivity index (χ1v) is 11.5. The molecule has 4 rings (SSSR count). The van der Waals surface area contributed by atoms with E-state index in [4.69, 9.17) is 4.74 Å². The first-order chi connectivity index (χ1) is 16.5. The van der Waals surface area contributed by atoms with Crippen molar-refractivity contribution in [2.75, 3.05) is 16.8 Å². The Morgan fingerprint density at radius 1 is 0.912 bits per heavy atom. The van der Waals surface area contributed by atoms with Crippen LogP contribution in [0.1, 0.15) is 37.8 Å². The van der Waals surface area contributed by atoms with Crippen LogP contribution in [0.15, 0.2) is 78.5 Å². The summed E-state index contributed by atoms with van der Waals surface area (Å²) in [5, 5.41) is 3.12. The van der Waals surface area contributed by atoms with E-state index in [1.165, 1.54) is 24.3 Å². The quantitative estimate of drug-likeness (QED) is 0.402. The second-order valence-electron chi connectivity index (χ2n) is 8.06. The van der Waals surface area contributed by atoms with E-state index in [-0.39, 0.29) is 11.3 Å². The highest BCUT2D eigenvalue weighted by Crippen LogP contribution is 2.34. The molecule has 0 radical (unpaired) electrons. The lowest BCUT2D eigenvalue weighted by atomic mass is 10.0. The summed E-state index contributed by atoms with van der Waals surface area (Å²) in [6, 6.07) is 20.2. The van der Waals surface area contributed by atoms with Crippen molar-refractivity contribution < 1.29 is 18.7 Å². The van der Waals surface area contributed by atoms with Gasteiger partial charge in [-0.3, -0.25) is 9.59 Å². The Kier molecular flexibility index (Phi) is 7.07. The Labute approximate surface area is 198 Å². The molecule has 0 saturated heterocycles. The Bertz CT molecular complexity index is 1220. The zero-order chi connectivity index (χ0) is 24.1. The normalized spacial score (nSPS) is 13.6. The number of halogens is 1. The maximum Gasteiger partial charge on any atom is 0.282 e. The fraction of sp³-hybridized carbons (Fsp3) is 0.214. The molecule has 1 N–H and O–H groups in total. The summed E-state index contributed by atoms with van der Waals surface area (Å²) in [7, 11) is 0. The molecule has 174 valence electrons. The van der Waals surface area contributed by atoms with Gasteiger partial charge in [0.1, 0.15) is 17.3 Å². The SMILES string of the molecule is CCCCc1ccc(N2C(=O)C(Nc3cccc(OCC)c3)=C(c3ccc(F)cc3)C2=O)cc1. The summed E-state index contributed by atoms with van der Waals surface area (Å²) in [5.74, 6) is -0.693. The molecule has 6 heteroatoms. The van der Waals surface area contributed by atoms with Gasteiger partial charge in [0.2, 0.25) is 0 Å². The van der Waals surface area contributed by atoms with Gasteiger partial charge >= 0.3 is 0 Å². The predicted octanol–water partition coefficient (Wildman–Crippen LogP) is 5.96. The van der Waals surface area contributed by atoms with E-state index in [2.05, 4.69) is 12.2 Å². The fourth-order valence-electron chi connectivity index (χ4n) is 3.93. The third-order valence-electron chi connectivity index (χ3n) is 5.64. The van der Waals surface area contributed by atoms with Crippen molar-refractivity contribution in [1.82, 2.24) is 0 Å². The van der Waals surface area contributed by atoms with Crippen LogP contribution in [0.3, 0.4) is 0 Å². The van der Waals surface area contributed by atoms with Crippen molar-refractivity contribution >= 4 is 28.8 Å². The van der Waals surface area contributed by atoms with Gasteiger partial charge < -0.3 is 10.1 Å². The van der Waals surface area contributed by atoms with Crippen LogP contribution in [-0.4, -0.2) is 18.4 Å². The van der Waals surface area contributed by atoms with E-state index < -0.39 is 17.6 Å². The predicted molar refractivity (Wildman–Crippen MR) is 132 cm³/mol.